The quantitative estimate of drug-likeness (QED) is 0.587. The molecular formula is C11H13ClN2O2. The molecule has 1 saturated heterocycles. The Morgan fingerprint density at radius 3 is 2.56 bits per heavy atom. The first kappa shape index (κ1) is 11.4. The molecule has 2 atom stereocenters. The van der Waals surface area contributed by atoms with Crippen molar-refractivity contribution in [1.82, 2.24) is 4.90 Å². The molecule has 0 saturated carbocycles. The second-order valence-electron chi connectivity index (χ2n) is 4.23. The molecule has 5 heteroatoms. The maximum absolute atomic E-state index is 11.0. The van der Waals surface area contributed by atoms with Crippen LogP contribution in [0.3, 0.4) is 0 Å². The van der Waals surface area contributed by atoms with E-state index in [0.29, 0.717) is 11.6 Å². The Morgan fingerprint density at radius 2 is 2.00 bits per heavy atom. The number of nitro groups is 1. The summed E-state index contributed by atoms with van der Waals surface area (Å²) in [5, 5.41) is 11.6. The van der Waals surface area contributed by atoms with Gasteiger partial charge < -0.3 is 0 Å². The predicted octanol–water partition coefficient (Wildman–Crippen LogP) is 2.01. The second-order valence-corrected chi connectivity index (χ2v) is 4.67. The summed E-state index contributed by atoms with van der Waals surface area (Å²) < 4.78 is 0. The molecule has 0 aliphatic carbocycles. The molecule has 1 aromatic carbocycles. The van der Waals surface area contributed by atoms with Crippen LogP contribution in [0.1, 0.15) is 11.5 Å². The number of likely N-dealkylation sites (tertiary alicyclic amines) is 1. The van der Waals surface area contributed by atoms with Crippen molar-refractivity contribution in [2.24, 2.45) is 0 Å². The molecule has 16 heavy (non-hydrogen) atoms. The summed E-state index contributed by atoms with van der Waals surface area (Å²) in [5.74, 6) is -0.0303. The highest BCUT2D eigenvalue weighted by molar-refractivity contribution is 6.30. The number of halogens is 1. The van der Waals surface area contributed by atoms with E-state index in [4.69, 9.17) is 11.6 Å². The molecule has 1 aromatic rings. The van der Waals surface area contributed by atoms with Crippen molar-refractivity contribution in [1.29, 1.82) is 0 Å². The van der Waals surface area contributed by atoms with Gasteiger partial charge in [-0.1, -0.05) is 23.7 Å². The molecule has 0 radical (unpaired) electrons. The number of rotatable bonds is 2. The van der Waals surface area contributed by atoms with Crippen molar-refractivity contribution >= 4 is 11.6 Å². The highest BCUT2D eigenvalue weighted by atomic mass is 35.5. The minimum atomic E-state index is -0.508. The Labute approximate surface area is 99.0 Å². The van der Waals surface area contributed by atoms with Crippen LogP contribution in [0.5, 0.6) is 0 Å². The fraction of sp³-hybridized carbons (Fsp3) is 0.455. The number of hydrogen-bond donors (Lipinski definition) is 0. The van der Waals surface area contributed by atoms with E-state index in [1.165, 1.54) is 0 Å². The lowest BCUT2D eigenvalue weighted by Crippen LogP contribution is -2.27. The summed E-state index contributed by atoms with van der Waals surface area (Å²) in [6, 6.07) is 6.81. The lowest BCUT2D eigenvalue weighted by Gasteiger charge is -2.12. The van der Waals surface area contributed by atoms with Gasteiger partial charge in [0.1, 0.15) is 0 Å². The highest BCUT2D eigenvalue weighted by Crippen LogP contribution is 2.29. The lowest BCUT2D eigenvalue weighted by molar-refractivity contribution is -0.521. The van der Waals surface area contributed by atoms with E-state index in [1.54, 1.807) is 12.1 Å². The van der Waals surface area contributed by atoms with Gasteiger partial charge in [0.15, 0.2) is 0 Å². The Hall–Kier alpha value is -1.13. The number of nitrogens with zero attached hydrogens (tertiary/aromatic N) is 2. The van der Waals surface area contributed by atoms with Gasteiger partial charge in [-0.15, -0.1) is 0 Å². The Balaban J connectivity index is 2.25. The van der Waals surface area contributed by atoms with E-state index in [-0.39, 0.29) is 10.8 Å². The van der Waals surface area contributed by atoms with Crippen LogP contribution in [0, 0.1) is 10.1 Å². The standard InChI is InChI=1S/C11H13ClN2O2/c1-13-6-10(11(7-13)14(15)16)8-2-4-9(12)5-3-8/h2-5,10-11H,6-7H2,1H3/t10-,11+/m1/s1. The van der Waals surface area contributed by atoms with Gasteiger partial charge in [0.25, 0.3) is 0 Å². The molecule has 0 spiro atoms. The van der Waals surface area contributed by atoms with E-state index < -0.39 is 6.04 Å². The van der Waals surface area contributed by atoms with Crippen molar-refractivity contribution in [3.05, 3.63) is 45.0 Å². The van der Waals surface area contributed by atoms with Crippen LogP contribution >= 0.6 is 11.6 Å². The smallest absolute Gasteiger partial charge is 0.233 e. The van der Waals surface area contributed by atoms with Gasteiger partial charge in [0.2, 0.25) is 6.04 Å². The molecule has 0 unspecified atom stereocenters. The second kappa shape index (κ2) is 4.39. The molecule has 1 aliphatic heterocycles. The van der Waals surface area contributed by atoms with Crippen LogP contribution in [-0.2, 0) is 0 Å². The summed E-state index contributed by atoms with van der Waals surface area (Å²) >= 11 is 5.80. The first-order chi connectivity index (χ1) is 7.58. The first-order valence-electron chi connectivity index (χ1n) is 5.15. The SMILES string of the molecule is CN1C[C@H](c2ccc(Cl)cc2)[C@@H]([N+](=O)[O-])C1. The molecule has 86 valence electrons. The van der Waals surface area contributed by atoms with Gasteiger partial charge in [-0.2, -0.15) is 0 Å². The van der Waals surface area contributed by atoms with Crippen molar-refractivity contribution in [3.63, 3.8) is 0 Å². The van der Waals surface area contributed by atoms with Gasteiger partial charge in [0, 0.05) is 16.5 Å². The molecular weight excluding hydrogens is 228 g/mol. The Morgan fingerprint density at radius 1 is 1.38 bits per heavy atom. The zero-order valence-corrected chi connectivity index (χ0v) is 9.72. The van der Waals surface area contributed by atoms with Crippen LogP contribution in [0.25, 0.3) is 0 Å². The topological polar surface area (TPSA) is 46.4 Å². The summed E-state index contributed by atoms with van der Waals surface area (Å²) in [6.07, 6.45) is 0. The Bertz CT molecular complexity index is 393. The van der Waals surface area contributed by atoms with Crippen molar-refractivity contribution in [2.45, 2.75) is 12.0 Å². The van der Waals surface area contributed by atoms with Crippen molar-refractivity contribution in [3.8, 4) is 0 Å². The van der Waals surface area contributed by atoms with E-state index >= 15 is 0 Å². The molecule has 4 nitrogen and oxygen atoms in total. The number of benzene rings is 1. The van der Waals surface area contributed by atoms with E-state index in [0.717, 1.165) is 12.1 Å². The van der Waals surface area contributed by atoms with Crippen LogP contribution in [0.15, 0.2) is 24.3 Å². The van der Waals surface area contributed by atoms with Gasteiger partial charge in [-0.3, -0.25) is 15.0 Å². The molecule has 1 aliphatic rings. The average molecular weight is 241 g/mol. The van der Waals surface area contributed by atoms with Gasteiger partial charge in [-0.05, 0) is 24.7 Å². The molecule has 2 rings (SSSR count). The van der Waals surface area contributed by atoms with Crippen LogP contribution in [0.4, 0.5) is 0 Å². The van der Waals surface area contributed by atoms with Crippen LogP contribution in [-0.4, -0.2) is 36.0 Å². The third-order valence-electron chi connectivity index (χ3n) is 3.04. The summed E-state index contributed by atoms with van der Waals surface area (Å²) in [5.41, 5.74) is 0.996. The van der Waals surface area contributed by atoms with Gasteiger partial charge in [-0.25, -0.2) is 0 Å². The van der Waals surface area contributed by atoms with E-state index in [2.05, 4.69) is 0 Å². The molecule has 0 aromatic heterocycles. The largest absolute Gasteiger partial charge is 0.299 e. The van der Waals surface area contributed by atoms with Crippen molar-refractivity contribution in [2.75, 3.05) is 20.1 Å². The van der Waals surface area contributed by atoms with Gasteiger partial charge in [0.05, 0.1) is 12.5 Å². The van der Waals surface area contributed by atoms with E-state index in [1.807, 2.05) is 24.1 Å². The third-order valence-corrected chi connectivity index (χ3v) is 3.29. The molecule has 1 heterocycles. The van der Waals surface area contributed by atoms with Crippen LogP contribution in [0.2, 0.25) is 5.02 Å². The minimum absolute atomic E-state index is 0.0303. The number of hydrogen-bond acceptors (Lipinski definition) is 3. The third kappa shape index (κ3) is 2.18. The monoisotopic (exact) mass is 240 g/mol. The molecule has 1 fully saturated rings. The fourth-order valence-corrected chi connectivity index (χ4v) is 2.36. The average Bonchev–Trinajstić information content (AvgIpc) is 2.61. The zero-order chi connectivity index (χ0) is 11.7. The molecule has 0 amide bonds. The molecule has 0 bridgehead atoms. The van der Waals surface area contributed by atoms with Gasteiger partial charge >= 0.3 is 0 Å². The predicted molar refractivity (Wildman–Crippen MR) is 62.5 cm³/mol. The van der Waals surface area contributed by atoms with Crippen molar-refractivity contribution < 1.29 is 4.92 Å². The fourth-order valence-electron chi connectivity index (χ4n) is 2.23. The van der Waals surface area contributed by atoms with Crippen LogP contribution < -0.4 is 0 Å². The summed E-state index contributed by atoms with van der Waals surface area (Å²) in [6.45, 7) is 1.24. The maximum atomic E-state index is 11.0. The first-order valence-corrected chi connectivity index (χ1v) is 5.53. The highest BCUT2D eigenvalue weighted by Gasteiger charge is 2.40. The van der Waals surface area contributed by atoms with E-state index in [9.17, 15) is 10.1 Å². The normalized spacial score (nSPS) is 25.9. The summed E-state index contributed by atoms with van der Waals surface area (Å²) in [4.78, 5) is 12.8. The zero-order valence-electron chi connectivity index (χ0n) is 8.97. The summed E-state index contributed by atoms with van der Waals surface area (Å²) in [7, 11) is 1.91. The number of likely N-dealkylation sites (N-methyl/N-ethyl adjacent to an activating group) is 1. The maximum Gasteiger partial charge on any atom is 0.233 e. The lowest BCUT2D eigenvalue weighted by atomic mass is 9.95. The minimum Gasteiger partial charge on any atom is -0.299 e. The Kier molecular flexibility index (Phi) is 3.12. The molecule has 0 N–H and O–H groups in total.